The molecule has 16 heavy (non-hydrogen) atoms. The van der Waals surface area contributed by atoms with Gasteiger partial charge in [0.1, 0.15) is 0 Å². The Hall–Kier alpha value is -0.630. The molecule has 2 nitrogen and oxygen atoms in total. The lowest BCUT2D eigenvalue weighted by atomic mass is 10.0. The van der Waals surface area contributed by atoms with Gasteiger partial charge in [-0.05, 0) is 44.2 Å². The van der Waals surface area contributed by atoms with Gasteiger partial charge in [0, 0.05) is 12.5 Å². The van der Waals surface area contributed by atoms with Crippen molar-refractivity contribution < 1.29 is 4.79 Å². The molecule has 0 saturated carbocycles. The molecular weight excluding hydrogens is 198 g/mol. The molecule has 0 aromatic carbocycles. The van der Waals surface area contributed by atoms with E-state index in [1.807, 2.05) is 0 Å². The third kappa shape index (κ3) is 5.45. The highest BCUT2D eigenvalue weighted by Gasteiger charge is 2.10. The Morgan fingerprint density at radius 1 is 1.38 bits per heavy atom. The molecular formula is C14H25NO. The Morgan fingerprint density at radius 2 is 2.19 bits per heavy atom. The fourth-order valence-corrected chi connectivity index (χ4v) is 2.07. The van der Waals surface area contributed by atoms with E-state index in [0.717, 1.165) is 31.4 Å². The average molecular weight is 223 g/mol. The zero-order valence-electron chi connectivity index (χ0n) is 10.7. The zero-order chi connectivity index (χ0) is 11.8. The van der Waals surface area contributed by atoms with Crippen LogP contribution in [0, 0.1) is 0 Å². The number of carbonyl (C=O) groups excluding carboxylic acids is 1. The SMILES string of the molecule is CC(C)NCCCC(=O)C1=CCCCCC1. The number of carbonyl (C=O) groups is 1. The number of hydrogen-bond donors (Lipinski definition) is 1. The maximum absolute atomic E-state index is 11.9. The number of nitrogens with one attached hydrogen (secondary N) is 1. The van der Waals surface area contributed by atoms with Crippen molar-refractivity contribution in [1.29, 1.82) is 0 Å². The first-order chi connectivity index (χ1) is 7.70. The van der Waals surface area contributed by atoms with Crippen LogP contribution < -0.4 is 5.32 Å². The lowest BCUT2D eigenvalue weighted by molar-refractivity contribution is -0.115. The average Bonchev–Trinajstić information content (AvgIpc) is 2.52. The van der Waals surface area contributed by atoms with Crippen LogP contribution in [0.2, 0.25) is 0 Å². The number of rotatable bonds is 6. The van der Waals surface area contributed by atoms with Crippen molar-refractivity contribution in [3.05, 3.63) is 11.6 Å². The van der Waals surface area contributed by atoms with E-state index in [4.69, 9.17) is 0 Å². The first kappa shape index (κ1) is 13.4. The van der Waals surface area contributed by atoms with Crippen LogP contribution in [0.1, 0.15) is 58.8 Å². The van der Waals surface area contributed by atoms with Crippen LogP contribution in [-0.2, 0) is 4.79 Å². The summed E-state index contributed by atoms with van der Waals surface area (Å²) in [5.41, 5.74) is 1.10. The normalized spacial score (nSPS) is 17.1. The predicted molar refractivity (Wildman–Crippen MR) is 68.5 cm³/mol. The second-order valence-electron chi connectivity index (χ2n) is 4.96. The van der Waals surface area contributed by atoms with Gasteiger partial charge in [0.2, 0.25) is 0 Å². The van der Waals surface area contributed by atoms with Crippen molar-refractivity contribution in [2.75, 3.05) is 6.54 Å². The minimum Gasteiger partial charge on any atom is -0.315 e. The van der Waals surface area contributed by atoms with Crippen LogP contribution in [-0.4, -0.2) is 18.4 Å². The Kier molecular flexibility index (Phi) is 6.39. The highest BCUT2D eigenvalue weighted by atomic mass is 16.1. The van der Waals surface area contributed by atoms with E-state index < -0.39 is 0 Å². The molecule has 0 aromatic heterocycles. The van der Waals surface area contributed by atoms with Crippen molar-refractivity contribution in [3.8, 4) is 0 Å². The van der Waals surface area contributed by atoms with Crippen LogP contribution in [0.25, 0.3) is 0 Å². The van der Waals surface area contributed by atoms with Crippen LogP contribution >= 0.6 is 0 Å². The van der Waals surface area contributed by atoms with E-state index in [1.54, 1.807) is 0 Å². The molecule has 1 aliphatic carbocycles. The third-order valence-corrected chi connectivity index (χ3v) is 3.03. The van der Waals surface area contributed by atoms with Crippen molar-refractivity contribution in [3.63, 3.8) is 0 Å². The molecule has 1 N–H and O–H groups in total. The van der Waals surface area contributed by atoms with E-state index in [2.05, 4.69) is 25.2 Å². The van der Waals surface area contributed by atoms with E-state index >= 15 is 0 Å². The maximum Gasteiger partial charge on any atom is 0.158 e. The molecule has 1 aliphatic rings. The molecule has 0 unspecified atom stereocenters. The molecule has 0 aromatic rings. The molecule has 2 heteroatoms. The molecule has 0 spiro atoms. The largest absolute Gasteiger partial charge is 0.315 e. The quantitative estimate of drug-likeness (QED) is 0.700. The first-order valence-electron chi connectivity index (χ1n) is 6.66. The van der Waals surface area contributed by atoms with Crippen molar-refractivity contribution >= 4 is 5.78 Å². The van der Waals surface area contributed by atoms with Gasteiger partial charge in [-0.2, -0.15) is 0 Å². The summed E-state index contributed by atoms with van der Waals surface area (Å²) in [7, 11) is 0. The Balaban J connectivity index is 2.20. The van der Waals surface area contributed by atoms with Crippen LogP contribution in [0.5, 0.6) is 0 Å². The second-order valence-corrected chi connectivity index (χ2v) is 4.96. The van der Waals surface area contributed by atoms with E-state index in [0.29, 0.717) is 18.2 Å². The first-order valence-corrected chi connectivity index (χ1v) is 6.66. The van der Waals surface area contributed by atoms with Crippen LogP contribution in [0.3, 0.4) is 0 Å². The molecule has 0 heterocycles. The lowest BCUT2D eigenvalue weighted by Crippen LogP contribution is -2.24. The molecule has 1 rings (SSSR count). The summed E-state index contributed by atoms with van der Waals surface area (Å²) in [6.45, 7) is 5.22. The number of Topliss-reactive ketones (excluding diaryl/α,β-unsaturated/α-hetero) is 1. The van der Waals surface area contributed by atoms with E-state index in [-0.39, 0.29) is 0 Å². The molecule has 0 amide bonds. The summed E-state index contributed by atoms with van der Waals surface area (Å²) < 4.78 is 0. The Bertz CT molecular complexity index is 243. The summed E-state index contributed by atoms with van der Waals surface area (Å²) in [6.07, 6.45) is 9.70. The molecule has 0 bridgehead atoms. The zero-order valence-corrected chi connectivity index (χ0v) is 10.7. The predicted octanol–water partition coefficient (Wildman–Crippen LogP) is 3.22. The summed E-state index contributed by atoms with van der Waals surface area (Å²) in [5, 5.41) is 3.34. The summed E-state index contributed by atoms with van der Waals surface area (Å²) in [4.78, 5) is 11.9. The van der Waals surface area contributed by atoms with Gasteiger partial charge in [0.15, 0.2) is 5.78 Å². The van der Waals surface area contributed by atoms with Gasteiger partial charge in [0.25, 0.3) is 0 Å². The summed E-state index contributed by atoms with van der Waals surface area (Å²) in [6, 6.07) is 0.521. The van der Waals surface area contributed by atoms with Crippen LogP contribution in [0.15, 0.2) is 11.6 Å². The molecule has 92 valence electrons. The molecule has 0 aliphatic heterocycles. The maximum atomic E-state index is 11.9. The van der Waals surface area contributed by atoms with Crippen molar-refractivity contribution in [2.45, 2.75) is 64.8 Å². The monoisotopic (exact) mass is 223 g/mol. The fourth-order valence-electron chi connectivity index (χ4n) is 2.07. The van der Waals surface area contributed by atoms with Gasteiger partial charge in [0.05, 0.1) is 0 Å². The fraction of sp³-hybridized carbons (Fsp3) is 0.786. The number of ketones is 1. The van der Waals surface area contributed by atoms with Crippen molar-refractivity contribution in [2.24, 2.45) is 0 Å². The highest BCUT2D eigenvalue weighted by Crippen LogP contribution is 2.19. The smallest absolute Gasteiger partial charge is 0.158 e. The van der Waals surface area contributed by atoms with Gasteiger partial charge in [-0.15, -0.1) is 0 Å². The standard InChI is InChI=1S/C14H25NO/c1-12(2)15-11-7-10-14(16)13-8-5-3-4-6-9-13/h8,12,15H,3-7,9-11H2,1-2H3. The summed E-state index contributed by atoms with van der Waals surface area (Å²) >= 11 is 0. The highest BCUT2D eigenvalue weighted by molar-refractivity contribution is 5.95. The third-order valence-electron chi connectivity index (χ3n) is 3.03. The topological polar surface area (TPSA) is 29.1 Å². The lowest BCUT2D eigenvalue weighted by Gasteiger charge is -2.08. The van der Waals surface area contributed by atoms with E-state index in [9.17, 15) is 4.79 Å². The van der Waals surface area contributed by atoms with Crippen molar-refractivity contribution in [1.82, 2.24) is 5.32 Å². The van der Waals surface area contributed by atoms with E-state index in [1.165, 1.54) is 19.3 Å². The minimum atomic E-state index is 0.382. The van der Waals surface area contributed by atoms with Gasteiger partial charge >= 0.3 is 0 Å². The summed E-state index contributed by atoms with van der Waals surface area (Å²) in [5.74, 6) is 0.382. The molecule has 0 fully saturated rings. The Morgan fingerprint density at radius 3 is 2.94 bits per heavy atom. The van der Waals surface area contributed by atoms with Crippen LogP contribution in [0.4, 0.5) is 0 Å². The molecule has 0 atom stereocenters. The van der Waals surface area contributed by atoms with Gasteiger partial charge in [-0.1, -0.05) is 26.3 Å². The molecule has 0 radical (unpaired) electrons. The number of allylic oxidation sites excluding steroid dienone is 2. The number of hydrogen-bond acceptors (Lipinski definition) is 2. The van der Waals surface area contributed by atoms with Gasteiger partial charge in [-0.3, -0.25) is 4.79 Å². The van der Waals surface area contributed by atoms with Gasteiger partial charge in [-0.25, -0.2) is 0 Å². The second kappa shape index (κ2) is 7.61. The Labute approximate surface area is 99.5 Å². The minimum absolute atomic E-state index is 0.382. The van der Waals surface area contributed by atoms with Gasteiger partial charge < -0.3 is 5.32 Å². The molecule has 0 saturated heterocycles.